The summed E-state index contributed by atoms with van der Waals surface area (Å²) in [4.78, 5) is 17.0. The number of hydrogen-bond acceptors (Lipinski definition) is 3. The van der Waals surface area contributed by atoms with E-state index in [1.54, 1.807) is 22.7 Å². The normalized spacial score (nSPS) is 10.6. The van der Waals surface area contributed by atoms with E-state index in [1.807, 2.05) is 31.2 Å². The van der Waals surface area contributed by atoms with Crippen LogP contribution in [-0.2, 0) is 18.4 Å². The van der Waals surface area contributed by atoms with Crippen molar-refractivity contribution in [1.29, 1.82) is 0 Å². The monoisotopic (exact) mass is 293 g/mol. The smallest absolute Gasteiger partial charge is 0.323 e. The molecule has 1 aromatic heterocycles. The summed E-state index contributed by atoms with van der Waals surface area (Å²) < 4.78 is 1.74. The molecule has 0 radical (unpaired) electrons. The van der Waals surface area contributed by atoms with E-state index in [1.165, 1.54) is 0 Å². The third-order valence-corrected chi connectivity index (χ3v) is 3.44. The predicted molar refractivity (Wildman–Crippen MR) is 78.1 cm³/mol. The third-order valence-electron chi connectivity index (χ3n) is 3.09. The molecule has 0 amide bonds. The van der Waals surface area contributed by atoms with E-state index < -0.39 is 5.97 Å². The van der Waals surface area contributed by atoms with Gasteiger partial charge in [-0.3, -0.25) is 4.79 Å². The molecule has 0 saturated heterocycles. The standard InChI is InChI=1S/C14H16ClN3O2/c1-10-3-5-11(6-4-10)18(9-14(19)20)8-13-16-7-12(15)17(13)2/h3-7H,8-9H2,1-2H3,(H,19,20). The zero-order valence-corrected chi connectivity index (χ0v) is 12.1. The van der Waals surface area contributed by atoms with Gasteiger partial charge in [0.25, 0.3) is 0 Å². The molecule has 0 unspecified atom stereocenters. The highest BCUT2D eigenvalue weighted by Crippen LogP contribution is 2.18. The van der Waals surface area contributed by atoms with Gasteiger partial charge in [-0.15, -0.1) is 0 Å². The molecule has 5 nitrogen and oxygen atoms in total. The Kier molecular flexibility index (Phi) is 4.29. The van der Waals surface area contributed by atoms with E-state index in [2.05, 4.69) is 4.98 Å². The van der Waals surface area contributed by atoms with Crippen LogP contribution in [0.15, 0.2) is 30.5 Å². The van der Waals surface area contributed by atoms with Crippen molar-refractivity contribution < 1.29 is 9.90 Å². The van der Waals surface area contributed by atoms with Crippen molar-refractivity contribution in [3.05, 3.63) is 47.0 Å². The number of halogens is 1. The van der Waals surface area contributed by atoms with Crippen LogP contribution in [-0.4, -0.2) is 27.2 Å². The third kappa shape index (κ3) is 3.30. The van der Waals surface area contributed by atoms with Crippen molar-refractivity contribution in [3.8, 4) is 0 Å². The Bertz CT molecular complexity index is 607. The molecule has 1 heterocycles. The Hall–Kier alpha value is -2.01. The lowest BCUT2D eigenvalue weighted by Crippen LogP contribution is -2.30. The number of anilines is 1. The molecule has 0 aliphatic rings. The summed E-state index contributed by atoms with van der Waals surface area (Å²) in [6.45, 7) is 2.29. The van der Waals surface area contributed by atoms with E-state index >= 15 is 0 Å². The van der Waals surface area contributed by atoms with Gasteiger partial charge in [-0.25, -0.2) is 4.98 Å². The molecule has 20 heavy (non-hydrogen) atoms. The van der Waals surface area contributed by atoms with E-state index in [4.69, 9.17) is 16.7 Å². The minimum Gasteiger partial charge on any atom is -0.480 e. The topological polar surface area (TPSA) is 58.4 Å². The maximum atomic E-state index is 11.0. The zero-order chi connectivity index (χ0) is 14.7. The van der Waals surface area contributed by atoms with E-state index in [0.29, 0.717) is 11.7 Å². The largest absolute Gasteiger partial charge is 0.480 e. The summed E-state index contributed by atoms with van der Waals surface area (Å²) in [5, 5.41) is 9.58. The molecule has 0 spiro atoms. The van der Waals surface area contributed by atoms with Gasteiger partial charge in [-0.1, -0.05) is 29.3 Å². The highest BCUT2D eigenvalue weighted by Gasteiger charge is 2.14. The van der Waals surface area contributed by atoms with E-state index in [0.717, 1.165) is 17.1 Å². The molecule has 0 aliphatic carbocycles. The SMILES string of the molecule is Cc1ccc(N(CC(=O)O)Cc2ncc(Cl)n2C)cc1. The Morgan fingerprint density at radius 1 is 1.40 bits per heavy atom. The summed E-state index contributed by atoms with van der Waals surface area (Å²) in [5.41, 5.74) is 1.97. The lowest BCUT2D eigenvalue weighted by atomic mass is 10.2. The number of carboxylic acids is 1. The molecule has 2 aromatic rings. The fourth-order valence-electron chi connectivity index (χ4n) is 1.90. The Balaban J connectivity index is 2.26. The van der Waals surface area contributed by atoms with Gasteiger partial charge in [0.05, 0.1) is 12.7 Å². The lowest BCUT2D eigenvalue weighted by Gasteiger charge is -2.22. The summed E-state index contributed by atoms with van der Waals surface area (Å²) >= 11 is 5.95. The van der Waals surface area contributed by atoms with Gasteiger partial charge in [0.15, 0.2) is 0 Å². The van der Waals surface area contributed by atoms with Crippen molar-refractivity contribution in [2.75, 3.05) is 11.4 Å². The number of benzene rings is 1. The highest BCUT2D eigenvalue weighted by atomic mass is 35.5. The second-order valence-electron chi connectivity index (χ2n) is 4.64. The molecular formula is C14H16ClN3O2. The number of carboxylic acid groups (broad SMARTS) is 1. The van der Waals surface area contributed by atoms with Gasteiger partial charge < -0.3 is 14.6 Å². The van der Waals surface area contributed by atoms with Crippen molar-refractivity contribution in [2.45, 2.75) is 13.5 Å². The maximum Gasteiger partial charge on any atom is 0.323 e. The lowest BCUT2D eigenvalue weighted by molar-refractivity contribution is -0.135. The number of rotatable bonds is 5. The van der Waals surface area contributed by atoms with Crippen LogP contribution in [0.1, 0.15) is 11.4 Å². The van der Waals surface area contributed by atoms with E-state index in [-0.39, 0.29) is 6.54 Å². The number of nitrogens with zero attached hydrogens (tertiary/aromatic N) is 3. The van der Waals surface area contributed by atoms with Crippen LogP contribution in [0.3, 0.4) is 0 Å². The van der Waals surface area contributed by atoms with Gasteiger partial charge in [-0.05, 0) is 19.1 Å². The highest BCUT2D eigenvalue weighted by molar-refractivity contribution is 6.29. The first-order valence-corrected chi connectivity index (χ1v) is 6.54. The first-order chi connectivity index (χ1) is 9.47. The predicted octanol–water partition coefficient (Wildman–Crippen LogP) is 2.47. The summed E-state index contributed by atoms with van der Waals surface area (Å²) in [7, 11) is 1.80. The number of imidazole rings is 1. The fraction of sp³-hybridized carbons (Fsp3) is 0.286. The van der Waals surface area contributed by atoms with Crippen LogP contribution in [0.4, 0.5) is 5.69 Å². The Morgan fingerprint density at radius 2 is 2.05 bits per heavy atom. The Labute approximate surface area is 122 Å². The van der Waals surface area contributed by atoms with E-state index in [9.17, 15) is 4.79 Å². The number of hydrogen-bond donors (Lipinski definition) is 1. The fourth-order valence-corrected chi connectivity index (χ4v) is 2.05. The van der Waals surface area contributed by atoms with Crippen LogP contribution in [0, 0.1) is 6.92 Å². The second kappa shape index (κ2) is 5.96. The minimum absolute atomic E-state index is 0.0897. The van der Waals surface area contributed by atoms with Gasteiger partial charge in [0, 0.05) is 12.7 Å². The number of aryl methyl sites for hydroxylation is 1. The maximum absolute atomic E-state index is 11.0. The van der Waals surface area contributed by atoms with Crippen LogP contribution in [0.25, 0.3) is 0 Å². The molecule has 0 aliphatic heterocycles. The van der Waals surface area contributed by atoms with Gasteiger partial charge in [0.1, 0.15) is 17.5 Å². The molecule has 1 N–H and O–H groups in total. The van der Waals surface area contributed by atoms with Crippen LogP contribution in [0.5, 0.6) is 0 Å². The molecule has 0 fully saturated rings. The summed E-state index contributed by atoms with van der Waals surface area (Å²) in [6, 6.07) is 7.72. The van der Waals surface area contributed by atoms with Crippen LogP contribution >= 0.6 is 11.6 Å². The average Bonchev–Trinajstić information content (AvgIpc) is 2.70. The number of aliphatic carboxylic acids is 1. The molecule has 0 saturated carbocycles. The van der Waals surface area contributed by atoms with Crippen molar-refractivity contribution >= 4 is 23.3 Å². The summed E-state index contributed by atoms with van der Waals surface area (Å²) in [5.74, 6) is -0.164. The van der Waals surface area contributed by atoms with Crippen LogP contribution in [0.2, 0.25) is 5.15 Å². The van der Waals surface area contributed by atoms with Gasteiger partial charge in [0.2, 0.25) is 0 Å². The first kappa shape index (κ1) is 14.4. The minimum atomic E-state index is -0.883. The molecule has 1 aromatic carbocycles. The van der Waals surface area contributed by atoms with Crippen LogP contribution < -0.4 is 4.90 Å². The number of carbonyl (C=O) groups is 1. The molecule has 0 atom stereocenters. The van der Waals surface area contributed by atoms with Crippen molar-refractivity contribution in [2.24, 2.45) is 7.05 Å². The van der Waals surface area contributed by atoms with Gasteiger partial charge >= 0.3 is 5.97 Å². The molecular weight excluding hydrogens is 278 g/mol. The molecule has 106 valence electrons. The summed E-state index contributed by atoms with van der Waals surface area (Å²) in [6.07, 6.45) is 1.56. The molecule has 0 bridgehead atoms. The van der Waals surface area contributed by atoms with Crippen molar-refractivity contribution in [1.82, 2.24) is 9.55 Å². The first-order valence-electron chi connectivity index (χ1n) is 6.17. The zero-order valence-electron chi connectivity index (χ0n) is 11.4. The molecule has 2 rings (SSSR count). The Morgan fingerprint density at radius 3 is 2.55 bits per heavy atom. The second-order valence-corrected chi connectivity index (χ2v) is 5.03. The van der Waals surface area contributed by atoms with Crippen molar-refractivity contribution in [3.63, 3.8) is 0 Å². The quantitative estimate of drug-likeness (QED) is 0.920. The molecule has 6 heteroatoms. The van der Waals surface area contributed by atoms with Gasteiger partial charge in [-0.2, -0.15) is 0 Å². The number of aromatic nitrogens is 2. The average molecular weight is 294 g/mol.